The fourth-order valence-corrected chi connectivity index (χ4v) is 1.23. The second-order valence-corrected chi connectivity index (χ2v) is 3.45. The van der Waals surface area contributed by atoms with Crippen LogP contribution in [0.1, 0.15) is 19.8 Å². The number of nitrogens with zero attached hydrogens (tertiary/aromatic N) is 3. The largest absolute Gasteiger partial charge is 0.473 e. The van der Waals surface area contributed by atoms with E-state index in [0.717, 1.165) is 19.0 Å². The Kier molecular flexibility index (Phi) is 5.56. The smallest absolute Gasteiger partial charge is 0.349 e. The van der Waals surface area contributed by atoms with Gasteiger partial charge in [-0.25, -0.2) is 4.98 Å². The molecule has 18 heavy (non-hydrogen) atoms. The lowest BCUT2D eigenvalue weighted by Gasteiger charge is -2.06. The molecular weight excluding hydrogens is 236 g/mol. The number of nitrogens with one attached hydrogen (secondary N) is 1. The summed E-state index contributed by atoms with van der Waals surface area (Å²) in [6.07, 6.45) is 4.44. The summed E-state index contributed by atoms with van der Waals surface area (Å²) in [7, 11) is 0. The third kappa shape index (κ3) is 4.00. The van der Waals surface area contributed by atoms with Gasteiger partial charge < -0.3 is 10.1 Å². The van der Waals surface area contributed by atoms with Gasteiger partial charge in [-0.3, -0.25) is 10.1 Å². The predicted octanol–water partition coefficient (Wildman–Crippen LogP) is 2.16. The average molecular weight is 252 g/mol. The first kappa shape index (κ1) is 13.9. The van der Waals surface area contributed by atoms with Crippen molar-refractivity contribution in [2.45, 2.75) is 19.8 Å². The third-order valence-electron chi connectivity index (χ3n) is 2.06. The Labute approximate surface area is 105 Å². The van der Waals surface area contributed by atoms with E-state index in [0.29, 0.717) is 19.1 Å². The summed E-state index contributed by atoms with van der Waals surface area (Å²) < 4.78 is 5.31. The van der Waals surface area contributed by atoms with Crippen molar-refractivity contribution < 1.29 is 9.66 Å². The lowest BCUT2D eigenvalue weighted by molar-refractivity contribution is -0.386. The van der Waals surface area contributed by atoms with Crippen LogP contribution in [0.3, 0.4) is 0 Å². The molecule has 0 aliphatic carbocycles. The first-order valence-electron chi connectivity index (χ1n) is 5.68. The lowest BCUT2D eigenvalue weighted by Crippen LogP contribution is -2.07. The van der Waals surface area contributed by atoms with E-state index < -0.39 is 4.92 Å². The van der Waals surface area contributed by atoms with Crippen molar-refractivity contribution in [2.24, 2.45) is 0 Å². The van der Waals surface area contributed by atoms with Crippen LogP contribution in [0, 0.1) is 10.1 Å². The van der Waals surface area contributed by atoms with Crippen molar-refractivity contribution in [3.05, 3.63) is 29.0 Å². The van der Waals surface area contributed by atoms with Crippen LogP contribution in [0.25, 0.3) is 0 Å². The van der Waals surface area contributed by atoms with Gasteiger partial charge in [0, 0.05) is 6.54 Å². The van der Waals surface area contributed by atoms with Crippen molar-refractivity contribution in [2.75, 3.05) is 18.5 Å². The van der Waals surface area contributed by atoms with Crippen LogP contribution in [0.15, 0.2) is 18.9 Å². The highest BCUT2D eigenvalue weighted by molar-refractivity contribution is 5.43. The van der Waals surface area contributed by atoms with Crippen LogP contribution in [-0.4, -0.2) is 28.0 Å². The van der Waals surface area contributed by atoms with Crippen LogP contribution in [0.2, 0.25) is 0 Å². The molecule has 0 radical (unpaired) electrons. The molecule has 1 aromatic rings. The lowest BCUT2D eigenvalue weighted by atomic mass is 10.3. The number of anilines is 1. The van der Waals surface area contributed by atoms with Gasteiger partial charge in [-0.2, -0.15) is 4.98 Å². The molecule has 7 nitrogen and oxygen atoms in total. The second kappa shape index (κ2) is 7.21. The van der Waals surface area contributed by atoms with Crippen molar-refractivity contribution >= 4 is 11.6 Å². The van der Waals surface area contributed by atoms with Crippen molar-refractivity contribution in [3.63, 3.8) is 0 Å². The molecule has 98 valence electrons. The van der Waals surface area contributed by atoms with Crippen molar-refractivity contribution in [3.8, 4) is 5.88 Å². The fraction of sp³-hybridized carbons (Fsp3) is 0.455. The van der Waals surface area contributed by atoms with Gasteiger partial charge in [0.25, 0.3) is 5.88 Å². The monoisotopic (exact) mass is 252 g/mol. The molecule has 0 saturated carbocycles. The van der Waals surface area contributed by atoms with Crippen LogP contribution in [0.5, 0.6) is 5.88 Å². The Balaban J connectivity index is 2.79. The average Bonchev–Trinajstić information content (AvgIpc) is 2.35. The number of hydrogen-bond donors (Lipinski definition) is 1. The van der Waals surface area contributed by atoms with Crippen LogP contribution in [-0.2, 0) is 0 Å². The van der Waals surface area contributed by atoms with E-state index in [1.54, 1.807) is 6.08 Å². The third-order valence-corrected chi connectivity index (χ3v) is 2.06. The molecule has 0 unspecified atom stereocenters. The minimum atomic E-state index is -0.557. The molecule has 1 heterocycles. The number of aromatic nitrogens is 2. The molecule has 0 atom stereocenters. The molecule has 0 spiro atoms. The highest BCUT2D eigenvalue weighted by Gasteiger charge is 2.18. The van der Waals surface area contributed by atoms with E-state index in [1.807, 2.05) is 6.92 Å². The maximum atomic E-state index is 10.8. The Bertz CT molecular complexity index is 423. The number of unbranched alkanes of at least 4 members (excludes halogenated alkanes) is 1. The van der Waals surface area contributed by atoms with Crippen LogP contribution in [0.4, 0.5) is 11.6 Å². The Morgan fingerprint density at radius 3 is 3.06 bits per heavy atom. The van der Waals surface area contributed by atoms with Gasteiger partial charge in [0.2, 0.25) is 5.95 Å². The molecule has 0 aromatic carbocycles. The normalized spacial score (nSPS) is 9.83. The van der Waals surface area contributed by atoms with E-state index in [2.05, 4.69) is 21.9 Å². The van der Waals surface area contributed by atoms with Gasteiger partial charge in [-0.15, -0.1) is 6.58 Å². The Morgan fingerprint density at radius 2 is 2.44 bits per heavy atom. The molecular formula is C11H16N4O3. The standard InChI is InChI=1S/C11H16N4O3/c1-3-5-6-7-18-10-9(15(16)17)8-13-11(14-10)12-4-2/h3,8H,1,4-7H2,2H3,(H,12,13,14). The molecule has 7 heteroatoms. The van der Waals surface area contributed by atoms with Crippen molar-refractivity contribution in [1.82, 2.24) is 9.97 Å². The molecule has 0 bridgehead atoms. The zero-order chi connectivity index (χ0) is 13.4. The maximum absolute atomic E-state index is 10.8. The van der Waals surface area contributed by atoms with E-state index in [9.17, 15) is 10.1 Å². The predicted molar refractivity (Wildman–Crippen MR) is 67.8 cm³/mol. The number of rotatable bonds is 8. The summed E-state index contributed by atoms with van der Waals surface area (Å²) in [5.74, 6) is 0.317. The van der Waals surface area contributed by atoms with Gasteiger partial charge in [0.05, 0.1) is 11.5 Å². The highest BCUT2D eigenvalue weighted by Crippen LogP contribution is 2.24. The van der Waals surface area contributed by atoms with Gasteiger partial charge in [0.1, 0.15) is 6.20 Å². The molecule has 0 aliphatic heterocycles. The number of nitro groups is 1. The summed E-state index contributed by atoms with van der Waals surface area (Å²) in [5.41, 5.74) is -0.227. The van der Waals surface area contributed by atoms with E-state index in [1.165, 1.54) is 0 Å². The van der Waals surface area contributed by atoms with Gasteiger partial charge in [-0.1, -0.05) is 6.08 Å². The van der Waals surface area contributed by atoms with E-state index in [4.69, 9.17) is 4.74 Å². The molecule has 1 N–H and O–H groups in total. The van der Waals surface area contributed by atoms with Gasteiger partial charge in [0.15, 0.2) is 0 Å². The zero-order valence-corrected chi connectivity index (χ0v) is 10.3. The fourth-order valence-electron chi connectivity index (χ4n) is 1.23. The minimum absolute atomic E-state index is 0.00462. The SMILES string of the molecule is C=CCCCOc1nc(NCC)ncc1[N+](=O)[O-]. The molecule has 0 saturated heterocycles. The zero-order valence-electron chi connectivity index (χ0n) is 10.3. The number of allylic oxidation sites excluding steroid dienone is 1. The van der Waals surface area contributed by atoms with E-state index in [-0.39, 0.29) is 11.6 Å². The number of ether oxygens (including phenoxy) is 1. The maximum Gasteiger partial charge on any atom is 0.349 e. The summed E-state index contributed by atoms with van der Waals surface area (Å²) in [6, 6.07) is 0. The molecule has 1 aromatic heterocycles. The minimum Gasteiger partial charge on any atom is -0.473 e. The summed E-state index contributed by atoms with van der Waals surface area (Å²) >= 11 is 0. The highest BCUT2D eigenvalue weighted by atomic mass is 16.6. The molecule has 0 amide bonds. The van der Waals surface area contributed by atoms with Gasteiger partial charge in [-0.05, 0) is 19.8 Å². The topological polar surface area (TPSA) is 90.2 Å². The molecule has 0 aliphatic rings. The van der Waals surface area contributed by atoms with Gasteiger partial charge >= 0.3 is 5.69 Å². The van der Waals surface area contributed by atoms with Crippen molar-refractivity contribution in [1.29, 1.82) is 0 Å². The first-order valence-corrected chi connectivity index (χ1v) is 5.68. The quantitative estimate of drug-likeness (QED) is 0.330. The number of hydrogen-bond acceptors (Lipinski definition) is 6. The summed E-state index contributed by atoms with van der Waals surface area (Å²) in [5, 5.41) is 13.7. The van der Waals surface area contributed by atoms with Crippen LogP contribution < -0.4 is 10.1 Å². The van der Waals surface area contributed by atoms with Crippen LogP contribution >= 0.6 is 0 Å². The second-order valence-electron chi connectivity index (χ2n) is 3.45. The Hall–Kier alpha value is -2.18. The molecule has 0 fully saturated rings. The Morgan fingerprint density at radius 1 is 1.67 bits per heavy atom. The summed E-state index contributed by atoms with van der Waals surface area (Å²) in [6.45, 7) is 6.46. The first-order chi connectivity index (χ1) is 8.69. The molecule has 1 rings (SSSR count). The van der Waals surface area contributed by atoms with E-state index >= 15 is 0 Å². The summed E-state index contributed by atoms with van der Waals surface area (Å²) in [4.78, 5) is 18.0.